The first-order chi connectivity index (χ1) is 11.3. The predicted molar refractivity (Wildman–Crippen MR) is 113 cm³/mol. The molecular formula is C18H32IN5. The summed E-state index contributed by atoms with van der Waals surface area (Å²) >= 11 is 0. The topological polar surface area (TPSA) is 52.6 Å². The van der Waals surface area contributed by atoms with Gasteiger partial charge in [0.1, 0.15) is 5.82 Å². The third-order valence-corrected chi connectivity index (χ3v) is 4.25. The molecule has 1 aromatic rings. The fourth-order valence-corrected chi connectivity index (χ4v) is 2.85. The summed E-state index contributed by atoms with van der Waals surface area (Å²) in [6.07, 6.45) is 9.50. The van der Waals surface area contributed by atoms with E-state index < -0.39 is 0 Å². The molecule has 0 aliphatic carbocycles. The molecule has 0 bridgehead atoms. The smallest absolute Gasteiger partial charge is 0.191 e. The van der Waals surface area contributed by atoms with Gasteiger partial charge in [0.05, 0.1) is 0 Å². The lowest BCUT2D eigenvalue weighted by atomic mass is 10.1. The van der Waals surface area contributed by atoms with Crippen LogP contribution < -0.4 is 15.5 Å². The molecule has 136 valence electrons. The molecule has 1 aliphatic rings. The van der Waals surface area contributed by atoms with Crippen LogP contribution in [-0.4, -0.2) is 37.6 Å². The molecule has 1 aromatic heterocycles. The average molecular weight is 445 g/mol. The standard InChI is InChI=1S/C18H31N5.HI/c1-3-4-6-10-21-18(19-2)22-15-16-9-11-20-17(14-16)23-12-7-5-8-13-23;/h9,11,14H,3-8,10,12-13,15H2,1-2H3,(H2,19,21,22);1H. The van der Waals surface area contributed by atoms with Gasteiger partial charge in [-0.3, -0.25) is 4.99 Å². The molecule has 0 spiro atoms. The highest BCUT2D eigenvalue weighted by Gasteiger charge is 2.12. The average Bonchev–Trinajstić information content (AvgIpc) is 2.62. The summed E-state index contributed by atoms with van der Waals surface area (Å²) in [6, 6.07) is 4.27. The van der Waals surface area contributed by atoms with E-state index in [1.54, 1.807) is 0 Å². The Hall–Kier alpha value is -1.05. The van der Waals surface area contributed by atoms with E-state index in [0.717, 1.165) is 38.0 Å². The first-order valence-electron chi connectivity index (χ1n) is 8.98. The number of aliphatic imine (C=N–C) groups is 1. The number of guanidine groups is 1. The van der Waals surface area contributed by atoms with Gasteiger partial charge in [-0.1, -0.05) is 19.8 Å². The Morgan fingerprint density at radius 3 is 2.71 bits per heavy atom. The summed E-state index contributed by atoms with van der Waals surface area (Å²) in [7, 11) is 1.82. The van der Waals surface area contributed by atoms with E-state index in [-0.39, 0.29) is 24.0 Å². The second-order valence-corrected chi connectivity index (χ2v) is 6.13. The minimum Gasteiger partial charge on any atom is -0.357 e. The van der Waals surface area contributed by atoms with Crippen LogP contribution in [0.25, 0.3) is 0 Å². The van der Waals surface area contributed by atoms with Crippen molar-refractivity contribution in [3.8, 4) is 0 Å². The summed E-state index contributed by atoms with van der Waals surface area (Å²) < 4.78 is 0. The first kappa shape index (κ1) is 21.0. The van der Waals surface area contributed by atoms with Gasteiger partial charge < -0.3 is 15.5 Å². The quantitative estimate of drug-likeness (QED) is 0.292. The van der Waals surface area contributed by atoms with Crippen LogP contribution >= 0.6 is 24.0 Å². The molecule has 2 heterocycles. The molecule has 2 rings (SSSR count). The molecule has 0 saturated carbocycles. The number of nitrogens with one attached hydrogen (secondary N) is 2. The van der Waals surface area contributed by atoms with Crippen LogP contribution in [0.5, 0.6) is 0 Å². The number of hydrogen-bond acceptors (Lipinski definition) is 3. The van der Waals surface area contributed by atoms with Crippen molar-refractivity contribution in [2.75, 3.05) is 31.6 Å². The highest BCUT2D eigenvalue weighted by atomic mass is 127. The maximum atomic E-state index is 4.53. The van der Waals surface area contributed by atoms with Gasteiger partial charge in [-0.15, -0.1) is 24.0 Å². The molecular weight excluding hydrogens is 413 g/mol. The number of aromatic nitrogens is 1. The Morgan fingerprint density at radius 2 is 2.00 bits per heavy atom. The van der Waals surface area contributed by atoms with E-state index in [2.05, 4.69) is 44.6 Å². The number of unbranched alkanes of at least 4 members (excludes halogenated alkanes) is 2. The van der Waals surface area contributed by atoms with Crippen molar-refractivity contribution in [2.45, 2.75) is 52.0 Å². The monoisotopic (exact) mass is 445 g/mol. The largest absolute Gasteiger partial charge is 0.357 e. The van der Waals surface area contributed by atoms with Gasteiger partial charge in [0.15, 0.2) is 5.96 Å². The van der Waals surface area contributed by atoms with Crippen molar-refractivity contribution in [1.82, 2.24) is 15.6 Å². The normalized spacial score (nSPS) is 14.9. The minimum atomic E-state index is 0. The van der Waals surface area contributed by atoms with E-state index >= 15 is 0 Å². The highest BCUT2D eigenvalue weighted by Crippen LogP contribution is 2.18. The predicted octanol–water partition coefficient (Wildman–Crippen LogP) is 3.55. The van der Waals surface area contributed by atoms with E-state index in [1.807, 2.05) is 13.2 Å². The lowest BCUT2D eigenvalue weighted by molar-refractivity contribution is 0.573. The molecule has 0 atom stereocenters. The summed E-state index contributed by atoms with van der Waals surface area (Å²) in [5.41, 5.74) is 1.25. The van der Waals surface area contributed by atoms with E-state index in [1.165, 1.54) is 44.1 Å². The molecule has 1 aliphatic heterocycles. The molecule has 0 radical (unpaired) electrons. The Labute approximate surface area is 163 Å². The van der Waals surface area contributed by atoms with E-state index in [0.29, 0.717) is 0 Å². The first-order valence-corrected chi connectivity index (χ1v) is 8.98. The van der Waals surface area contributed by atoms with Gasteiger partial charge in [-0.2, -0.15) is 0 Å². The third-order valence-electron chi connectivity index (χ3n) is 4.25. The number of pyridine rings is 1. The number of piperidine rings is 1. The van der Waals surface area contributed by atoms with Crippen LogP contribution in [0.1, 0.15) is 51.0 Å². The van der Waals surface area contributed by atoms with Crippen LogP contribution in [-0.2, 0) is 6.54 Å². The number of nitrogens with zero attached hydrogens (tertiary/aromatic N) is 3. The van der Waals surface area contributed by atoms with Crippen molar-refractivity contribution in [1.29, 1.82) is 0 Å². The van der Waals surface area contributed by atoms with Gasteiger partial charge >= 0.3 is 0 Å². The van der Waals surface area contributed by atoms with Crippen LogP contribution in [0.2, 0.25) is 0 Å². The maximum absolute atomic E-state index is 4.53. The molecule has 6 heteroatoms. The Kier molecular flexibility index (Phi) is 10.8. The second kappa shape index (κ2) is 12.3. The zero-order chi connectivity index (χ0) is 16.3. The van der Waals surface area contributed by atoms with Gasteiger partial charge in [0.2, 0.25) is 0 Å². The SMILES string of the molecule is CCCCCNC(=NC)NCc1ccnc(N2CCCCC2)c1.I. The van der Waals surface area contributed by atoms with Gasteiger partial charge in [0.25, 0.3) is 0 Å². The number of rotatable bonds is 7. The van der Waals surface area contributed by atoms with Crippen molar-refractivity contribution < 1.29 is 0 Å². The molecule has 1 saturated heterocycles. The number of anilines is 1. The third kappa shape index (κ3) is 7.23. The fourth-order valence-electron chi connectivity index (χ4n) is 2.85. The lowest BCUT2D eigenvalue weighted by Gasteiger charge is -2.28. The molecule has 1 fully saturated rings. The molecule has 0 unspecified atom stereocenters. The molecule has 0 aromatic carbocycles. The Morgan fingerprint density at radius 1 is 1.21 bits per heavy atom. The Bertz CT molecular complexity index is 486. The summed E-state index contributed by atoms with van der Waals surface area (Å²) in [5, 5.41) is 6.75. The van der Waals surface area contributed by atoms with Crippen LogP contribution in [0, 0.1) is 0 Å². The lowest BCUT2D eigenvalue weighted by Crippen LogP contribution is -2.37. The van der Waals surface area contributed by atoms with Gasteiger partial charge in [-0.25, -0.2) is 4.98 Å². The summed E-state index contributed by atoms with van der Waals surface area (Å²) in [5.74, 6) is 1.98. The van der Waals surface area contributed by atoms with Crippen LogP contribution in [0.15, 0.2) is 23.3 Å². The van der Waals surface area contributed by atoms with Crippen LogP contribution in [0.3, 0.4) is 0 Å². The van der Waals surface area contributed by atoms with Crippen molar-refractivity contribution in [3.05, 3.63) is 23.9 Å². The van der Waals surface area contributed by atoms with Crippen molar-refractivity contribution in [2.24, 2.45) is 4.99 Å². The Balaban J connectivity index is 0.00000288. The van der Waals surface area contributed by atoms with E-state index in [9.17, 15) is 0 Å². The molecule has 5 nitrogen and oxygen atoms in total. The van der Waals surface area contributed by atoms with Crippen molar-refractivity contribution >= 4 is 35.8 Å². The number of hydrogen-bond donors (Lipinski definition) is 2. The minimum absolute atomic E-state index is 0. The van der Waals surface area contributed by atoms with Gasteiger partial charge in [0, 0.05) is 39.4 Å². The zero-order valence-electron chi connectivity index (χ0n) is 15.1. The molecule has 2 N–H and O–H groups in total. The molecule has 24 heavy (non-hydrogen) atoms. The summed E-state index contributed by atoms with van der Waals surface area (Å²) in [4.78, 5) is 11.2. The van der Waals surface area contributed by atoms with Crippen LogP contribution in [0.4, 0.5) is 5.82 Å². The van der Waals surface area contributed by atoms with Crippen molar-refractivity contribution in [3.63, 3.8) is 0 Å². The zero-order valence-corrected chi connectivity index (χ0v) is 17.4. The fraction of sp³-hybridized carbons (Fsp3) is 0.667. The van der Waals surface area contributed by atoms with E-state index in [4.69, 9.17) is 0 Å². The maximum Gasteiger partial charge on any atom is 0.191 e. The summed E-state index contributed by atoms with van der Waals surface area (Å²) in [6.45, 7) is 6.23. The molecule has 0 amide bonds. The second-order valence-electron chi connectivity index (χ2n) is 6.13. The van der Waals surface area contributed by atoms with Gasteiger partial charge in [-0.05, 0) is 43.4 Å². The highest BCUT2D eigenvalue weighted by molar-refractivity contribution is 14.0. The number of halogens is 1.